The predicted octanol–water partition coefficient (Wildman–Crippen LogP) is 0.146. The van der Waals surface area contributed by atoms with Crippen molar-refractivity contribution in [2.45, 2.75) is 19.3 Å². The van der Waals surface area contributed by atoms with Gasteiger partial charge in [-0.2, -0.15) is 0 Å². The van der Waals surface area contributed by atoms with Crippen molar-refractivity contribution in [1.82, 2.24) is 6.15 Å². The van der Waals surface area contributed by atoms with Crippen LogP contribution in [0.3, 0.4) is 0 Å². The number of hydrogen-bond acceptors (Lipinski definition) is 4. The second kappa shape index (κ2) is 12.1. The summed E-state index contributed by atoms with van der Waals surface area (Å²) in [6.45, 7) is 3.09. The van der Waals surface area contributed by atoms with E-state index < -0.39 is 17.8 Å². The first-order valence-corrected chi connectivity index (χ1v) is 3.75. The third-order valence-corrected chi connectivity index (χ3v) is 0.982. The standard InChI is InChI=1S/C5H8O4.C3H5NO.H3N/c6-4(7)2-1-3-5(8)9;1-2-3(4)5;/h1-3H2,(H,6,7)(H,8,9);2H,1H2,(H2,4,5);1H3. The summed E-state index contributed by atoms with van der Waals surface area (Å²) in [5.41, 5.74) is 4.53. The van der Waals surface area contributed by atoms with Gasteiger partial charge >= 0.3 is 11.9 Å². The zero-order valence-corrected chi connectivity index (χ0v) is 8.31. The van der Waals surface area contributed by atoms with Gasteiger partial charge in [0.1, 0.15) is 0 Å². The van der Waals surface area contributed by atoms with E-state index in [0.717, 1.165) is 6.08 Å². The fraction of sp³-hybridized carbons (Fsp3) is 0.375. The molecule has 0 atom stereocenters. The zero-order valence-electron chi connectivity index (χ0n) is 8.31. The molecule has 0 saturated carbocycles. The molecule has 15 heavy (non-hydrogen) atoms. The van der Waals surface area contributed by atoms with E-state index in [2.05, 4.69) is 12.3 Å². The highest BCUT2D eigenvalue weighted by atomic mass is 16.4. The third-order valence-electron chi connectivity index (χ3n) is 0.982. The van der Waals surface area contributed by atoms with Gasteiger partial charge in [0.25, 0.3) is 0 Å². The van der Waals surface area contributed by atoms with Crippen LogP contribution in [0.4, 0.5) is 0 Å². The van der Waals surface area contributed by atoms with Crippen molar-refractivity contribution in [3.8, 4) is 0 Å². The fourth-order valence-electron chi connectivity index (χ4n) is 0.391. The number of amides is 1. The van der Waals surface area contributed by atoms with E-state index >= 15 is 0 Å². The molecule has 88 valence electrons. The lowest BCUT2D eigenvalue weighted by Crippen LogP contribution is -2.04. The molecule has 0 aromatic carbocycles. The van der Waals surface area contributed by atoms with Crippen LogP contribution in [0, 0.1) is 0 Å². The van der Waals surface area contributed by atoms with Crippen LogP contribution >= 0.6 is 0 Å². The van der Waals surface area contributed by atoms with Crippen molar-refractivity contribution in [3.63, 3.8) is 0 Å². The van der Waals surface area contributed by atoms with E-state index in [1.54, 1.807) is 0 Å². The number of carbonyl (C=O) groups excluding carboxylic acids is 1. The van der Waals surface area contributed by atoms with Crippen LogP contribution in [0.5, 0.6) is 0 Å². The summed E-state index contributed by atoms with van der Waals surface area (Å²) in [4.78, 5) is 29.0. The smallest absolute Gasteiger partial charge is 0.303 e. The lowest BCUT2D eigenvalue weighted by atomic mass is 10.2. The van der Waals surface area contributed by atoms with Gasteiger partial charge in [-0.3, -0.25) is 14.4 Å². The molecule has 0 aromatic rings. The quantitative estimate of drug-likeness (QED) is 0.483. The van der Waals surface area contributed by atoms with Gasteiger partial charge in [0.15, 0.2) is 0 Å². The first kappa shape index (κ1) is 18.8. The summed E-state index contributed by atoms with van der Waals surface area (Å²) in [5.74, 6) is -2.38. The van der Waals surface area contributed by atoms with Gasteiger partial charge in [-0.25, -0.2) is 0 Å². The van der Waals surface area contributed by atoms with Gasteiger partial charge in [-0.1, -0.05) is 6.58 Å². The van der Waals surface area contributed by atoms with Crippen molar-refractivity contribution >= 4 is 17.8 Å². The summed E-state index contributed by atoms with van der Waals surface area (Å²) in [6.07, 6.45) is 1.14. The number of primary amides is 1. The van der Waals surface area contributed by atoms with Gasteiger partial charge in [0.05, 0.1) is 0 Å². The minimum atomic E-state index is -0.948. The maximum absolute atomic E-state index is 9.79. The third kappa shape index (κ3) is 33.2. The SMILES string of the molecule is C=CC(N)=O.N.O=C(O)CCCC(=O)O. The number of aliphatic carboxylic acids is 2. The van der Waals surface area contributed by atoms with Crippen LogP contribution in [-0.2, 0) is 14.4 Å². The molecule has 7 heteroatoms. The molecule has 0 fully saturated rings. The molecule has 0 spiro atoms. The molecular formula is C8H16N2O5. The van der Waals surface area contributed by atoms with Gasteiger partial charge in [0.2, 0.25) is 5.91 Å². The van der Waals surface area contributed by atoms with Crippen LogP contribution in [-0.4, -0.2) is 28.1 Å². The lowest BCUT2D eigenvalue weighted by Gasteiger charge is -1.89. The molecule has 0 rings (SSSR count). The minimum absolute atomic E-state index is 0. The van der Waals surface area contributed by atoms with Crippen molar-refractivity contribution in [3.05, 3.63) is 12.7 Å². The number of nitrogens with two attached hydrogens (primary N) is 1. The first-order valence-electron chi connectivity index (χ1n) is 3.75. The summed E-state index contributed by atoms with van der Waals surface area (Å²) in [7, 11) is 0. The van der Waals surface area contributed by atoms with E-state index in [1.165, 1.54) is 0 Å². The normalized spacial score (nSPS) is 7.47. The van der Waals surface area contributed by atoms with Crippen LogP contribution in [0.1, 0.15) is 19.3 Å². The molecule has 0 unspecified atom stereocenters. The molecule has 0 aliphatic heterocycles. The number of carbonyl (C=O) groups is 3. The van der Waals surface area contributed by atoms with E-state index in [9.17, 15) is 14.4 Å². The molecule has 7 nitrogen and oxygen atoms in total. The Balaban J connectivity index is -0.000000208. The van der Waals surface area contributed by atoms with Crippen molar-refractivity contribution in [1.29, 1.82) is 0 Å². The van der Waals surface area contributed by atoms with Gasteiger partial charge in [-0.15, -0.1) is 0 Å². The molecule has 0 bridgehead atoms. The second-order valence-corrected chi connectivity index (χ2v) is 2.25. The Morgan fingerprint density at radius 2 is 1.40 bits per heavy atom. The Kier molecular flexibility index (Phi) is 15.2. The topological polar surface area (TPSA) is 153 Å². The van der Waals surface area contributed by atoms with Crippen molar-refractivity contribution < 1.29 is 24.6 Å². The number of carboxylic acid groups (broad SMARTS) is 2. The Morgan fingerprint density at radius 1 is 1.13 bits per heavy atom. The highest BCUT2D eigenvalue weighted by Crippen LogP contribution is 1.93. The first-order chi connectivity index (χ1) is 6.40. The van der Waals surface area contributed by atoms with Crippen molar-refractivity contribution in [2.24, 2.45) is 5.73 Å². The van der Waals surface area contributed by atoms with E-state index in [4.69, 9.17) is 10.2 Å². The Morgan fingerprint density at radius 3 is 1.53 bits per heavy atom. The van der Waals surface area contributed by atoms with Gasteiger partial charge < -0.3 is 22.1 Å². The minimum Gasteiger partial charge on any atom is -0.481 e. The molecule has 1 amide bonds. The predicted molar refractivity (Wildman–Crippen MR) is 53.5 cm³/mol. The highest BCUT2D eigenvalue weighted by Gasteiger charge is 1.99. The van der Waals surface area contributed by atoms with Crippen LogP contribution in [0.25, 0.3) is 0 Å². The molecule has 0 aliphatic rings. The number of carboxylic acids is 2. The molecule has 0 saturated heterocycles. The summed E-state index contributed by atoms with van der Waals surface area (Å²) in [6, 6.07) is 0. The summed E-state index contributed by atoms with van der Waals surface area (Å²) < 4.78 is 0. The average Bonchev–Trinajstić information content (AvgIpc) is 2.04. The zero-order chi connectivity index (χ0) is 11.6. The van der Waals surface area contributed by atoms with E-state index in [-0.39, 0.29) is 25.4 Å². The molecule has 0 aliphatic carbocycles. The Hall–Kier alpha value is -1.89. The summed E-state index contributed by atoms with van der Waals surface area (Å²) >= 11 is 0. The second-order valence-electron chi connectivity index (χ2n) is 2.25. The van der Waals surface area contributed by atoms with Crippen molar-refractivity contribution in [2.75, 3.05) is 0 Å². The molecule has 0 radical (unpaired) electrons. The number of hydrogen-bond donors (Lipinski definition) is 4. The Bertz CT molecular complexity index is 213. The average molecular weight is 220 g/mol. The highest BCUT2D eigenvalue weighted by molar-refractivity contribution is 5.84. The van der Waals surface area contributed by atoms with E-state index in [0.29, 0.717) is 0 Å². The lowest BCUT2D eigenvalue weighted by molar-refractivity contribution is -0.138. The molecular weight excluding hydrogens is 204 g/mol. The number of rotatable bonds is 5. The maximum atomic E-state index is 9.79. The Labute approximate surface area is 87.2 Å². The molecule has 7 N–H and O–H groups in total. The monoisotopic (exact) mass is 220 g/mol. The van der Waals surface area contributed by atoms with Crippen LogP contribution in [0.2, 0.25) is 0 Å². The largest absolute Gasteiger partial charge is 0.481 e. The van der Waals surface area contributed by atoms with Gasteiger partial charge in [-0.05, 0) is 12.5 Å². The molecule has 0 aromatic heterocycles. The maximum Gasteiger partial charge on any atom is 0.303 e. The van der Waals surface area contributed by atoms with Gasteiger partial charge in [0, 0.05) is 12.8 Å². The fourth-order valence-corrected chi connectivity index (χ4v) is 0.391. The summed E-state index contributed by atoms with van der Waals surface area (Å²) in [5, 5.41) is 16.1. The van der Waals surface area contributed by atoms with Crippen LogP contribution < -0.4 is 11.9 Å². The molecule has 0 heterocycles. The van der Waals surface area contributed by atoms with Crippen LogP contribution in [0.15, 0.2) is 12.7 Å². The van der Waals surface area contributed by atoms with E-state index in [1.807, 2.05) is 0 Å².